The average molecular weight is 259 g/mol. The van der Waals surface area contributed by atoms with Crippen molar-refractivity contribution < 1.29 is 0 Å². The lowest BCUT2D eigenvalue weighted by molar-refractivity contribution is 0.0720. The summed E-state index contributed by atoms with van der Waals surface area (Å²) in [6.07, 6.45) is 2.77. The molecule has 3 heterocycles. The Morgan fingerprint density at radius 1 is 1.16 bits per heavy atom. The summed E-state index contributed by atoms with van der Waals surface area (Å²) in [5.41, 5.74) is 2.66. The van der Waals surface area contributed by atoms with Gasteiger partial charge >= 0.3 is 0 Å². The summed E-state index contributed by atoms with van der Waals surface area (Å²) in [6, 6.07) is 9.59. The van der Waals surface area contributed by atoms with Crippen molar-refractivity contribution in [3.05, 3.63) is 29.8 Å². The fourth-order valence-corrected chi connectivity index (χ4v) is 3.36. The van der Waals surface area contributed by atoms with Crippen LogP contribution in [0.25, 0.3) is 0 Å². The van der Waals surface area contributed by atoms with E-state index in [1.807, 2.05) is 0 Å². The molecular formula is C16H25N3. The van der Waals surface area contributed by atoms with Gasteiger partial charge in [0.15, 0.2) is 0 Å². The summed E-state index contributed by atoms with van der Waals surface area (Å²) in [5.74, 6) is 0.908. The molecule has 1 atom stereocenters. The van der Waals surface area contributed by atoms with Crippen molar-refractivity contribution in [1.29, 1.82) is 0 Å². The normalized spacial score (nSPS) is 29.5. The molecule has 3 saturated heterocycles. The Bertz CT molecular complexity index is 405. The fraction of sp³-hybridized carbons (Fsp3) is 0.625. The van der Waals surface area contributed by atoms with Crippen molar-refractivity contribution >= 4 is 5.69 Å². The molecule has 0 radical (unpaired) electrons. The van der Waals surface area contributed by atoms with Gasteiger partial charge in [0.25, 0.3) is 0 Å². The molecule has 3 aliphatic rings. The van der Waals surface area contributed by atoms with Crippen molar-refractivity contribution in [3.8, 4) is 0 Å². The maximum atomic E-state index is 3.76. The van der Waals surface area contributed by atoms with Gasteiger partial charge in [0.1, 0.15) is 0 Å². The number of fused-ring (bicyclic) bond motifs is 3. The third-order valence-corrected chi connectivity index (χ3v) is 4.68. The fourth-order valence-electron chi connectivity index (χ4n) is 3.36. The van der Waals surface area contributed by atoms with Crippen LogP contribution < -0.4 is 10.2 Å². The van der Waals surface area contributed by atoms with Gasteiger partial charge in [0.2, 0.25) is 0 Å². The lowest BCUT2D eigenvalue weighted by atomic mass is 9.84. The Morgan fingerprint density at radius 2 is 1.84 bits per heavy atom. The Labute approximate surface area is 116 Å². The molecule has 0 spiro atoms. The largest absolute Gasteiger partial charge is 0.378 e. The van der Waals surface area contributed by atoms with E-state index in [2.05, 4.69) is 53.5 Å². The van der Waals surface area contributed by atoms with Gasteiger partial charge in [-0.05, 0) is 49.5 Å². The molecule has 1 N–H and O–H groups in total. The van der Waals surface area contributed by atoms with Crippen LogP contribution in [0.5, 0.6) is 0 Å². The van der Waals surface area contributed by atoms with Gasteiger partial charge < -0.3 is 15.1 Å². The molecule has 1 aromatic carbocycles. The minimum atomic E-state index is 0.705. The number of nitrogens with one attached hydrogen (secondary N) is 1. The molecule has 0 aliphatic carbocycles. The maximum Gasteiger partial charge on any atom is 0.0361 e. The van der Waals surface area contributed by atoms with Crippen LogP contribution in [0.15, 0.2) is 24.3 Å². The summed E-state index contributed by atoms with van der Waals surface area (Å²) in [4.78, 5) is 4.75. The first-order valence-electron chi connectivity index (χ1n) is 7.44. The van der Waals surface area contributed by atoms with Gasteiger partial charge in [0, 0.05) is 38.9 Å². The minimum Gasteiger partial charge on any atom is -0.378 e. The number of rotatable bonds is 4. The number of benzene rings is 1. The quantitative estimate of drug-likeness (QED) is 0.891. The van der Waals surface area contributed by atoms with E-state index >= 15 is 0 Å². The molecule has 0 aromatic heterocycles. The first kappa shape index (κ1) is 12.9. The SMILES string of the molecule is CN(C)c1ccc(CNC2CN3CCC2CC3)cc1. The van der Waals surface area contributed by atoms with E-state index in [0.717, 1.165) is 12.5 Å². The van der Waals surface area contributed by atoms with Gasteiger partial charge in [-0.15, -0.1) is 0 Å². The summed E-state index contributed by atoms with van der Waals surface area (Å²) < 4.78 is 0. The van der Waals surface area contributed by atoms with Crippen LogP contribution in [0.2, 0.25) is 0 Å². The van der Waals surface area contributed by atoms with Crippen molar-refractivity contribution in [3.63, 3.8) is 0 Å². The zero-order valence-electron chi connectivity index (χ0n) is 12.1. The second-order valence-electron chi connectivity index (χ2n) is 6.19. The Balaban J connectivity index is 1.54. The molecule has 0 saturated carbocycles. The van der Waals surface area contributed by atoms with E-state index in [-0.39, 0.29) is 0 Å². The molecule has 1 unspecified atom stereocenters. The number of anilines is 1. The number of nitrogens with zero attached hydrogens (tertiary/aromatic N) is 2. The first-order valence-corrected chi connectivity index (χ1v) is 7.44. The summed E-state index contributed by atoms with van der Waals surface area (Å²) in [5, 5.41) is 3.76. The van der Waals surface area contributed by atoms with Gasteiger partial charge in [-0.1, -0.05) is 12.1 Å². The maximum absolute atomic E-state index is 3.76. The highest BCUT2D eigenvalue weighted by Crippen LogP contribution is 2.27. The highest BCUT2D eigenvalue weighted by Gasteiger charge is 2.33. The zero-order valence-corrected chi connectivity index (χ0v) is 12.1. The smallest absolute Gasteiger partial charge is 0.0361 e. The van der Waals surface area contributed by atoms with E-state index < -0.39 is 0 Å². The lowest BCUT2D eigenvalue weighted by Gasteiger charge is -2.45. The van der Waals surface area contributed by atoms with E-state index in [4.69, 9.17) is 0 Å². The molecule has 3 heteroatoms. The molecule has 0 amide bonds. The monoisotopic (exact) mass is 259 g/mol. The van der Waals surface area contributed by atoms with Crippen LogP contribution in [-0.2, 0) is 6.54 Å². The van der Waals surface area contributed by atoms with Crippen LogP contribution >= 0.6 is 0 Å². The van der Waals surface area contributed by atoms with Crippen molar-refractivity contribution in [2.24, 2.45) is 5.92 Å². The van der Waals surface area contributed by atoms with Crippen LogP contribution in [0, 0.1) is 5.92 Å². The van der Waals surface area contributed by atoms with Gasteiger partial charge in [-0.3, -0.25) is 0 Å². The number of hydrogen-bond acceptors (Lipinski definition) is 3. The predicted molar refractivity (Wildman–Crippen MR) is 80.6 cm³/mol. The Kier molecular flexibility index (Phi) is 3.76. The van der Waals surface area contributed by atoms with Gasteiger partial charge in [-0.2, -0.15) is 0 Å². The second-order valence-corrected chi connectivity index (χ2v) is 6.19. The van der Waals surface area contributed by atoms with Crippen molar-refractivity contribution in [2.75, 3.05) is 38.6 Å². The van der Waals surface area contributed by atoms with Gasteiger partial charge in [-0.25, -0.2) is 0 Å². The van der Waals surface area contributed by atoms with Crippen molar-refractivity contribution in [1.82, 2.24) is 10.2 Å². The molecule has 3 nitrogen and oxygen atoms in total. The summed E-state index contributed by atoms with van der Waals surface area (Å²) in [6.45, 7) is 4.89. The third-order valence-electron chi connectivity index (χ3n) is 4.68. The molecule has 4 rings (SSSR count). The molecule has 3 fully saturated rings. The molecule has 1 aromatic rings. The number of hydrogen-bond donors (Lipinski definition) is 1. The molecule has 104 valence electrons. The Hall–Kier alpha value is -1.06. The van der Waals surface area contributed by atoms with E-state index in [1.54, 1.807) is 0 Å². The highest BCUT2D eigenvalue weighted by atomic mass is 15.2. The molecule has 2 bridgehead atoms. The van der Waals surface area contributed by atoms with Crippen LogP contribution in [-0.4, -0.2) is 44.7 Å². The van der Waals surface area contributed by atoms with Crippen LogP contribution in [0.1, 0.15) is 18.4 Å². The standard InChI is InChI=1S/C16H25N3/c1-18(2)15-5-3-13(4-6-15)11-17-16-12-19-9-7-14(16)8-10-19/h3-6,14,16-17H,7-12H2,1-2H3. The van der Waals surface area contributed by atoms with Gasteiger partial charge in [0.05, 0.1) is 0 Å². The van der Waals surface area contributed by atoms with Crippen LogP contribution in [0.3, 0.4) is 0 Å². The minimum absolute atomic E-state index is 0.705. The van der Waals surface area contributed by atoms with E-state index in [9.17, 15) is 0 Å². The molecular weight excluding hydrogens is 234 g/mol. The summed E-state index contributed by atoms with van der Waals surface area (Å²) in [7, 11) is 4.17. The second kappa shape index (κ2) is 5.51. The van der Waals surface area contributed by atoms with Crippen molar-refractivity contribution in [2.45, 2.75) is 25.4 Å². The lowest BCUT2D eigenvalue weighted by Crippen LogP contribution is -2.55. The third kappa shape index (κ3) is 2.93. The van der Waals surface area contributed by atoms with E-state index in [0.29, 0.717) is 6.04 Å². The topological polar surface area (TPSA) is 18.5 Å². The summed E-state index contributed by atoms with van der Waals surface area (Å²) >= 11 is 0. The molecule has 3 aliphatic heterocycles. The zero-order chi connectivity index (χ0) is 13.2. The number of piperidine rings is 3. The highest BCUT2D eigenvalue weighted by molar-refractivity contribution is 5.45. The van der Waals surface area contributed by atoms with E-state index in [1.165, 1.54) is 43.7 Å². The predicted octanol–water partition coefficient (Wildman–Crippen LogP) is 1.94. The van der Waals surface area contributed by atoms with Crippen LogP contribution in [0.4, 0.5) is 5.69 Å². The first-order chi connectivity index (χ1) is 9.22. The Morgan fingerprint density at radius 3 is 2.37 bits per heavy atom. The average Bonchev–Trinajstić information content (AvgIpc) is 2.47. The molecule has 19 heavy (non-hydrogen) atoms.